The number of hydrogen-bond acceptors (Lipinski definition) is 3. The standard InChI is InChI=1S/C25H30ClN3O2/c26-21-11-9-20(10-12-21)25(31)28-17-13-23(14-18-28)29(22-7-3-1-4-8-22)24(30)19-27-15-5-2-6-16-27/h1,3-4,7-12,23H,2,5-6,13-19H2. The number of likely N-dealkylation sites (tertiary alicyclic amines) is 2. The number of benzene rings is 2. The van der Waals surface area contributed by atoms with Gasteiger partial charge in [-0.1, -0.05) is 36.2 Å². The number of anilines is 1. The van der Waals surface area contributed by atoms with Crippen molar-refractivity contribution in [2.24, 2.45) is 0 Å². The molecule has 2 aromatic rings. The van der Waals surface area contributed by atoms with E-state index in [2.05, 4.69) is 4.90 Å². The maximum Gasteiger partial charge on any atom is 0.253 e. The molecule has 0 spiro atoms. The van der Waals surface area contributed by atoms with Gasteiger partial charge in [-0.3, -0.25) is 14.5 Å². The molecule has 0 radical (unpaired) electrons. The van der Waals surface area contributed by atoms with Crippen LogP contribution in [0.3, 0.4) is 0 Å². The normalized spacial score (nSPS) is 18.0. The molecule has 0 aromatic heterocycles. The number of carbonyl (C=O) groups is 2. The van der Waals surface area contributed by atoms with Gasteiger partial charge in [0.1, 0.15) is 0 Å². The van der Waals surface area contributed by atoms with E-state index in [0.717, 1.165) is 31.6 Å². The van der Waals surface area contributed by atoms with Gasteiger partial charge < -0.3 is 9.80 Å². The first-order valence-electron chi connectivity index (χ1n) is 11.3. The van der Waals surface area contributed by atoms with Crippen molar-refractivity contribution >= 4 is 29.1 Å². The van der Waals surface area contributed by atoms with E-state index in [1.165, 1.54) is 19.3 Å². The van der Waals surface area contributed by atoms with Gasteiger partial charge in [0, 0.05) is 35.4 Å². The minimum Gasteiger partial charge on any atom is -0.338 e. The van der Waals surface area contributed by atoms with Crippen molar-refractivity contribution in [1.29, 1.82) is 0 Å². The lowest BCUT2D eigenvalue weighted by molar-refractivity contribution is -0.120. The van der Waals surface area contributed by atoms with Crippen LogP contribution in [-0.4, -0.2) is 60.4 Å². The highest BCUT2D eigenvalue weighted by molar-refractivity contribution is 6.30. The topological polar surface area (TPSA) is 43.9 Å². The largest absolute Gasteiger partial charge is 0.338 e. The maximum atomic E-state index is 13.4. The molecule has 4 rings (SSSR count). The SMILES string of the molecule is O=C(c1ccc(Cl)cc1)N1CCC(N(C(=O)CN2CCCCC2)c2ccccc2)CC1. The van der Waals surface area contributed by atoms with Crippen molar-refractivity contribution in [1.82, 2.24) is 9.80 Å². The molecule has 6 heteroatoms. The Labute approximate surface area is 189 Å². The van der Waals surface area contributed by atoms with E-state index in [1.807, 2.05) is 40.1 Å². The van der Waals surface area contributed by atoms with Crippen molar-refractivity contribution in [3.05, 3.63) is 65.2 Å². The molecule has 0 N–H and O–H groups in total. The molecule has 2 aliphatic rings. The fourth-order valence-electron chi connectivity index (χ4n) is 4.63. The zero-order chi connectivity index (χ0) is 21.6. The molecule has 5 nitrogen and oxygen atoms in total. The number of nitrogens with zero attached hydrogens (tertiary/aromatic N) is 3. The number of para-hydroxylation sites is 1. The first kappa shape index (κ1) is 21.8. The molecule has 164 valence electrons. The second-order valence-electron chi connectivity index (χ2n) is 8.47. The molecule has 2 fully saturated rings. The van der Waals surface area contributed by atoms with Crippen LogP contribution in [0.4, 0.5) is 5.69 Å². The van der Waals surface area contributed by atoms with E-state index in [0.29, 0.717) is 30.2 Å². The van der Waals surface area contributed by atoms with Crippen molar-refractivity contribution in [2.45, 2.75) is 38.1 Å². The molecule has 2 aliphatic heterocycles. The van der Waals surface area contributed by atoms with Crippen molar-refractivity contribution in [3.63, 3.8) is 0 Å². The zero-order valence-electron chi connectivity index (χ0n) is 17.9. The second-order valence-corrected chi connectivity index (χ2v) is 8.90. The third kappa shape index (κ3) is 5.46. The van der Waals surface area contributed by atoms with Gasteiger partial charge in [0.05, 0.1) is 6.54 Å². The molecule has 2 saturated heterocycles. The average Bonchev–Trinajstić information content (AvgIpc) is 2.81. The van der Waals surface area contributed by atoms with Gasteiger partial charge in [-0.05, 0) is 75.2 Å². The van der Waals surface area contributed by atoms with E-state index in [1.54, 1.807) is 24.3 Å². The number of halogens is 1. The van der Waals surface area contributed by atoms with E-state index >= 15 is 0 Å². The molecule has 31 heavy (non-hydrogen) atoms. The third-order valence-corrected chi connectivity index (χ3v) is 6.57. The lowest BCUT2D eigenvalue weighted by Crippen LogP contribution is -2.51. The Bertz CT molecular complexity index is 873. The first-order chi connectivity index (χ1) is 15.1. The van der Waals surface area contributed by atoms with Crippen LogP contribution in [-0.2, 0) is 4.79 Å². The van der Waals surface area contributed by atoms with E-state index in [9.17, 15) is 9.59 Å². The monoisotopic (exact) mass is 439 g/mol. The summed E-state index contributed by atoms with van der Waals surface area (Å²) >= 11 is 5.95. The summed E-state index contributed by atoms with van der Waals surface area (Å²) < 4.78 is 0. The Morgan fingerprint density at radius 1 is 0.871 bits per heavy atom. The predicted molar refractivity (Wildman–Crippen MR) is 125 cm³/mol. The highest BCUT2D eigenvalue weighted by Crippen LogP contribution is 2.25. The van der Waals surface area contributed by atoms with E-state index in [4.69, 9.17) is 11.6 Å². The molecule has 0 unspecified atom stereocenters. The molecule has 0 bridgehead atoms. The summed E-state index contributed by atoms with van der Waals surface area (Å²) in [5.74, 6) is 0.191. The van der Waals surface area contributed by atoms with Crippen LogP contribution < -0.4 is 4.90 Å². The first-order valence-corrected chi connectivity index (χ1v) is 11.6. The second kappa shape index (κ2) is 10.3. The number of amides is 2. The van der Waals surface area contributed by atoms with Crippen LogP contribution in [0.15, 0.2) is 54.6 Å². The van der Waals surface area contributed by atoms with Gasteiger partial charge in [0.25, 0.3) is 5.91 Å². The van der Waals surface area contributed by atoms with Crippen LogP contribution in [0.5, 0.6) is 0 Å². The zero-order valence-corrected chi connectivity index (χ0v) is 18.6. The lowest BCUT2D eigenvalue weighted by Gasteiger charge is -2.39. The van der Waals surface area contributed by atoms with Crippen LogP contribution in [0.25, 0.3) is 0 Å². The van der Waals surface area contributed by atoms with E-state index < -0.39 is 0 Å². The van der Waals surface area contributed by atoms with Gasteiger partial charge in [0.2, 0.25) is 5.91 Å². The third-order valence-electron chi connectivity index (χ3n) is 6.32. The Balaban J connectivity index is 1.43. The number of rotatable bonds is 5. The Hall–Kier alpha value is -2.37. The molecule has 2 amide bonds. The highest BCUT2D eigenvalue weighted by Gasteiger charge is 2.31. The quantitative estimate of drug-likeness (QED) is 0.690. The number of carbonyl (C=O) groups excluding carboxylic acids is 2. The van der Waals surface area contributed by atoms with Gasteiger partial charge in [0.15, 0.2) is 0 Å². The molecule has 0 aliphatic carbocycles. The molecule has 2 aromatic carbocycles. The van der Waals surface area contributed by atoms with Crippen LogP contribution in [0.1, 0.15) is 42.5 Å². The van der Waals surface area contributed by atoms with Gasteiger partial charge in [-0.2, -0.15) is 0 Å². The Kier molecular flexibility index (Phi) is 7.25. The predicted octanol–water partition coefficient (Wildman–Crippen LogP) is 4.46. The average molecular weight is 440 g/mol. The molecule has 0 saturated carbocycles. The Morgan fingerprint density at radius 3 is 2.16 bits per heavy atom. The fraction of sp³-hybridized carbons (Fsp3) is 0.440. The Morgan fingerprint density at radius 2 is 1.52 bits per heavy atom. The summed E-state index contributed by atoms with van der Waals surface area (Å²) in [5.41, 5.74) is 1.61. The fourth-order valence-corrected chi connectivity index (χ4v) is 4.76. The van der Waals surface area contributed by atoms with Crippen molar-refractivity contribution in [3.8, 4) is 0 Å². The summed E-state index contributed by atoms with van der Waals surface area (Å²) in [7, 11) is 0. The molecular weight excluding hydrogens is 410 g/mol. The number of hydrogen-bond donors (Lipinski definition) is 0. The summed E-state index contributed by atoms with van der Waals surface area (Å²) in [4.78, 5) is 32.4. The van der Waals surface area contributed by atoms with Gasteiger partial charge in [-0.25, -0.2) is 0 Å². The highest BCUT2D eigenvalue weighted by atomic mass is 35.5. The smallest absolute Gasteiger partial charge is 0.253 e. The van der Waals surface area contributed by atoms with Gasteiger partial charge in [-0.15, -0.1) is 0 Å². The number of piperidine rings is 2. The van der Waals surface area contributed by atoms with Gasteiger partial charge >= 0.3 is 0 Å². The summed E-state index contributed by atoms with van der Waals surface area (Å²) in [6.45, 7) is 3.77. The molecular formula is C25H30ClN3O2. The van der Waals surface area contributed by atoms with Crippen molar-refractivity contribution in [2.75, 3.05) is 37.6 Å². The minimum absolute atomic E-state index is 0.0287. The lowest BCUT2D eigenvalue weighted by atomic mass is 10.0. The summed E-state index contributed by atoms with van der Waals surface area (Å²) in [6.07, 6.45) is 5.15. The minimum atomic E-state index is 0.0287. The summed E-state index contributed by atoms with van der Waals surface area (Å²) in [5, 5.41) is 0.626. The summed E-state index contributed by atoms with van der Waals surface area (Å²) in [6, 6.07) is 17.1. The van der Waals surface area contributed by atoms with Crippen LogP contribution in [0.2, 0.25) is 5.02 Å². The van der Waals surface area contributed by atoms with Crippen LogP contribution in [0, 0.1) is 0 Å². The van der Waals surface area contributed by atoms with Crippen LogP contribution >= 0.6 is 11.6 Å². The molecule has 2 heterocycles. The maximum absolute atomic E-state index is 13.4. The van der Waals surface area contributed by atoms with E-state index in [-0.39, 0.29) is 17.9 Å². The molecule has 0 atom stereocenters. The van der Waals surface area contributed by atoms with Crippen molar-refractivity contribution < 1.29 is 9.59 Å².